The summed E-state index contributed by atoms with van der Waals surface area (Å²) in [6.45, 7) is 0.673. The quantitative estimate of drug-likeness (QED) is 0.228. The lowest BCUT2D eigenvalue weighted by Crippen LogP contribution is -2.10. The summed E-state index contributed by atoms with van der Waals surface area (Å²) in [5.41, 5.74) is 10.3. The highest BCUT2D eigenvalue weighted by Crippen LogP contribution is 2.35. The second-order valence-corrected chi connectivity index (χ2v) is 6.93. The van der Waals surface area contributed by atoms with Crippen LogP contribution < -0.4 is 5.73 Å². The van der Waals surface area contributed by atoms with Gasteiger partial charge in [0.15, 0.2) is 11.6 Å². The third kappa shape index (κ3) is 3.08. The number of hydrogen-bond donors (Lipinski definition) is 5. The van der Waals surface area contributed by atoms with E-state index in [1.165, 1.54) is 0 Å². The number of benzene rings is 2. The number of nitrogen functional groups attached to an aromatic ring is 1. The van der Waals surface area contributed by atoms with Gasteiger partial charge in [-0.15, -0.1) is 0 Å². The summed E-state index contributed by atoms with van der Waals surface area (Å²) >= 11 is 0. The summed E-state index contributed by atoms with van der Waals surface area (Å²) in [5.74, 6) is 0.452. The summed E-state index contributed by atoms with van der Waals surface area (Å²) in [6.07, 6.45) is 3.66. The average Bonchev–Trinajstić information content (AvgIpc) is 3.47. The Balaban J connectivity index is 1.45. The van der Waals surface area contributed by atoms with E-state index in [0.717, 1.165) is 16.6 Å². The van der Waals surface area contributed by atoms with Crippen LogP contribution in [0.15, 0.2) is 60.9 Å². The molecule has 0 fully saturated rings. The third-order valence-corrected chi connectivity index (χ3v) is 4.90. The molecule has 9 heteroatoms. The van der Waals surface area contributed by atoms with Gasteiger partial charge in [-0.25, -0.2) is 4.98 Å². The molecule has 0 aliphatic carbocycles. The fraction of sp³-hybridized carbons (Fsp3) is 0.0476. The fourth-order valence-electron chi connectivity index (χ4n) is 3.35. The van der Waals surface area contributed by atoms with E-state index in [4.69, 9.17) is 11.1 Å². The molecule has 0 radical (unpaired) electrons. The number of hydrogen-bond acceptors (Lipinski definition) is 5. The van der Waals surface area contributed by atoms with Gasteiger partial charge in [0, 0.05) is 23.5 Å². The molecule has 5 aromatic rings. The maximum Gasteiger partial charge on any atom is 0.172 e. The monoisotopic (exact) mass is 398 g/mol. The van der Waals surface area contributed by atoms with Crippen molar-refractivity contribution in [1.29, 1.82) is 5.41 Å². The van der Waals surface area contributed by atoms with E-state index in [1.54, 1.807) is 24.4 Å². The average molecular weight is 398 g/mol. The smallest absolute Gasteiger partial charge is 0.172 e. The van der Waals surface area contributed by atoms with Gasteiger partial charge < -0.3 is 15.8 Å². The van der Waals surface area contributed by atoms with Crippen LogP contribution in [0.4, 0.5) is 0 Å². The van der Waals surface area contributed by atoms with Gasteiger partial charge in [0.25, 0.3) is 0 Å². The van der Waals surface area contributed by atoms with Crippen LogP contribution in [-0.2, 0) is 6.54 Å². The summed E-state index contributed by atoms with van der Waals surface area (Å²) in [7, 11) is 0. The maximum atomic E-state index is 10.8. The number of H-pyrrole nitrogens is 2. The van der Waals surface area contributed by atoms with E-state index < -0.39 is 0 Å². The van der Waals surface area contributed by atoms with E-state index in [9.17, 15) is 5.11 Å². The van der Waals surface area contributed by atoms with Crippen molar-refractivity contribution in [2.45, 2.75) is 6.54 Å². The number of imidazole rings is 1. The Kier molecular flexibility index (Phi) is 4.06. The molecule has 5 rings (SSSR count). The van der Waals surface area contributed by atoms with E-state index in [2.05, 4.69) is 25.3 Å². The minimum Gasteiger partial charge on any atom is -0.504 e. The summed E-state index contributed by atoms with van der Waals surface area (Å²) in [4.78, 5) is 7.64. The molecule has 0 amide bonds. The van der Waals surface area contributed by atoms with Crippen molar-refractivity contribution in [3.63, 3.8) is 0 Å². The molecule has 0 atom stereocenters. The molecule has 3 heterocycles. The summed E-state index contributed by atoms with van der Waals surface area (Å²) < 4.78 is 1.85. The third-order valence-electron chi connectivity index (χ3n) is 4.90. The predicted octanol–water partition coefficient (Wildman–Crippen LogP) is 2.85. The van der Waals surface area contributed by atoms with Crippen LogP contribution in [0.5, 0.6) is 5.75 Å². The number of nitrogens with one attached hydrogen (secondary N) is 3. The number of fused-ring (bicyclic) bond motifs is 1. The van der Waals surface area contributed by atoms with Gasteiger partial charge >= 0.3 is 0 Å². The minimum absolute atomic E-state index is 0.0145. The van der Waals surface area contributed by atoms with Crippen molar-refractivity contribution in [2.75, 3.05) is 0 Å². The molecule has 2 aromatic carbocycles. The molecular formula is C21H18N8O. The van der Waals surface area contributed by atoms with Gasteiger partial charge in [0.2, 0.25) is 0 Å². The molecule has 0 saturated carbocycles. The normalized spacial score (nSPS) is 11.2. The van der Waals surface area contributed by atoms with Crippen LogP contribution >= 0.6 is 0 Å². The van der Waals surface area contributed by atoms with Crippen molar-refractivity contribution >= 4 is 16.9 Å². The number of rotatable bonds is 5. The number of amidine groups is 1. The first-order valence-electron chi connectivity index (χ1n) is 9.27. The Morgan fingerprint density at radius 2 is 2.00 bits per heavy atom. The Hall–Kier alpha value is -4.40. The number of aromatic nitrogens is 6. The van der Waals surface area contributed by atoms with Crippen molar-refractivity contribution < 1.29 is 5.11 Å². The SMILES string of the molecule is N=C(N)c1ccc2nc(-c3[nH]nc(-c4ccc(Cn5cccn5)cc4)c3O)[nH]c2c1. The first kappa shape index (κ1) is 17.7. The van der Waals surface area contributed by atoms with Crippen molar-refractivity contribution in [2.24, 2.45) is 5.73 Å². The first-order valence-corrected chi connectivity index (χ1v) is 9.27. The van der Waals surface area contributed by atoms with E-state index >= 15 is 0 Å². The maximum absolute atomic E-state index is 10.8. The van der Waals surface area contributed by atoms with Crippen LogP contribution in [0.3, 0.4) is 0 Å². The molecule has 30 heavy (non-hydrogen) atoms. The Bertz CT molecular complexity index is 1350. The highest BCUT2D eigenvalue weighted by molar-refractivity contribution is 5.98. The molecule has 148 valence electrons. The zero-order chi connectivity index (χ0) is 20.7. The molecule has 0 spiro atoms. The highest BCUT2D eigenvalue weighted by atomic mass is 16.3. The second-order valence-electron chi connectivity index (χ2n) is 6.93. The Morgan fingerprint density at radius 1 is 1.17 bits per heavy atom. The van der Waals surface area contributed by atoms with E-state index in [0.29, 0.717) is 34.8 Å². The van der Waals surface area contributed by atoms with Gasteiger partial charge in [0.05, 0.1) is 17.6 Å². The second kappa shape index (κ2) is 6.89. The largest absolute Gasteiger partial charge is 0.504 e. The van der Waals surface area contributed by atoms with Crippen LogP contribution in [-0.4, -0.2) is 40.9 Å². The lowest BCUT2D eigenvalue weighted by molar-refractivity contribution is 0.479. The lowest BCUT2D eigenvalue weighted by atomic mass is 10.1. The number of nitrogens with zero attached hydrogens (tertiary/aromatic N) is 4. The van der Waals surface area contributed by atoms with Gasteiger partial charge in [0.1, 0.15) is 17.2 Å². The first-order chi connectivity index (χ1) is 14.6. The Morgan fingerprint density at radius 3 is 2.73 bits per heavy atom. The molecular weight excluding hydrogens is 380 g/mol. The molecule has 0 unspecified atom stereocenters. The minimum atomic E-state index is -0.0178. The van der Waals surface area contributed by atoms with Crippen molar-refractivity contribution in [3.05, 3.63) is 72.1 Å². The number of aromatic hydroxyl groups is 1. The fourth-order valence-corrected chi connectivity index (χ4v) is 3.35. The summed E-state index contributed by atoms with van der Waals surface area (Å²) in [5, 5.41) is 29.7. The molecule has 0 aliphatic heterocycles. The van der Waals surface area contributed by atoms with Crippen molar-refractivity contribution in [3.8, 4) is 28.5 Å². The topological polar surface area (TPSA) is 145 Å². The van der Waals surface area contributed by atoms with Gasteiger partial charge in [-0.2, -0.15) is 10.2 Å². The van der Waals surface area contributed by atoms with Gasteiger partial charge in [-0.05, 0) is 29.8 Å². The van der Waals surface area contributed by atoms with Crippen molar-refractivity contribution in [1.82, 2.24) is 29.9 Å². The van der Waals surface area contributed by atoms with Crippen LogP contribution in [0.2, 0.25) is 0 Å². The molecule has 0 aliphatic rings. The Labute approximate surface area is 170 Å². The van der Waals surface area contributed by atoms with Crippen LogP contribution in [0.1, 0.15) is 11.1 Å². The van der Waals surface area contributed by atoms with E-state index in [1.807, 2.05) is 41.2 Å². The van der Waals surface area contributed by atoms with Crippen LogP contribution in [0.25, 0.3) is 33.8 Å². The summed E-state index contributed by atoms with van der Waals surface area (Å²) in [6, 6.07) is 14.9. The molecule has 0 saturated heterocycles. The molecule has 6 N–H and O–H groups in total. The number of aromatic amines is 2. The zero-order valence-electron chi connectivity index (χ0n) is 15.8. The molecule has 3 aromatic heterocycles. The zero-order valence-corrected chi connectivity index (χ0v) is 15.8. The number of nitrogens with two attached hydrogens (primary N) is 1. The molecule has 9 nitrogen and oxygen atoms in total. The van der Waals surface area contributed by atoms with Crippen LogP contribution in [0, 0.1) is 5.41 Å². The van der Waals surface area contributed by atoms with E-state index in [-0.39, 0.29) is 11.6 Å². The molecule has 0 bridgehead atoms. The standard InChI is InChI=1S/C21H18N8O/c22-20(23)14-6-7-15-16(10-14)26-21(25-15)18-19(30)17(27-28-18)13-4-2-12(3-5-13)11-29-9-1-8-24-29/h1-10,30H,11H2,(H3,22,23)(H,25,26)(H,27,28). The predicted molar refractivity (Wildman–Crippen MR) is 113 cm³/mol. The highest BCUT2D eigenvalue weighted by Gasteiger charge is 2.18. The van der Waals surface area contributed by atoms with Gasteiger partial charge in [-0.1, -0.05) is 24.3 Å². The van der Waals surface area contributed by atoms with Gasteiger partial charge in [-0.3, -0.25) is 15.2 Å². The lowest BCUT2D eigenvalue weighted by Gasteiger charge is -2.03.